The van der Waals surface area contributed by atoms with Gasteiger partial charge in [-0.3, -0.25) is 14.3 Å². The number of hydrogen-bond donors (Lipinski definition) is 2. The molecule has 116 valence electrons. The molecule has 0 aliphatic rings. The predicted molar refractivity (Wildman–Crippen MR) is 78.0 cm³/mol. The van der Waals surface area contributed by atoms with Crippen molar-refractivity contribution in [1.29, 1.82) is 0 Å². The topological polar surface area (TPSA) is 93.5 Å². The quantitative estimate of drug-likeness (QED) is 0.732. The lowest BCUT2D eigenvalue weighted by Crippen LogP contribution is -2.33. The number of rotatable bonds is 7. The number of amides is 1. The van der Waals surface area contributed by atoms with Crippen LogP contribution in [0.3, 0.4) is 0 Å². The normalized spacial score (nSPS) is 12.6. The molecule has 8 heteroatoms. The third kappa shape index (κ3) is 5.20. The lowest BCUT2D eigenvalue weighted by atomic mass is 10.2. The van der Waals surface area contributed by atoms with Crippen LogP contribution in [-0.4, -0.2) is 46.5 Å². The summed E-state index contributed by atoms with van der Waals surface area (Å²) < 4.78 is 6.48. The number of aryl methyl sites for hydroxylation is 2. The molecule has 1 aromatic heterocycles. The van der Waals surface area contributed by atoms with E-state index >= 15 is 0 Å². The first-order valence-corrected chi connectivity index (χ1v) is 6.62. The standard InChI is InChI=1S/C13H18ClN3O4/c1-8-10(13(14)17(2)16-8)4-5-11(18)15-7-9(21-3)6-12(19)20/h4-5,9H,6-7H2,1-3H3,(H,15,18)(H,19,20)/b5-4+. The molecule has 2 N–H and O–H groups in total. The van der Waals surface area contributed by atoms with Crippen molar-refractivity contribution in [2.45, 2.75) is 19.4 Å². The van der Waals surface area contributed by atoms with Gasteiger partial charge in [0.15, 0.2) is 0 Å². The van der Waals surface area contributed by atoms with Crippen LogP contribution in [0.15, 0.2) is 6.08 Å². The molecule has 0 aliphatic carbocycles. The minimum Gasteiger partial charge on any atom is -0.481 e. The third-order valence-corrected chi connectivity index (χ3v) is 3.29. The second-order valence-electron chi connectivity index (χ2n) is 4.45. The van der Waals surface area contributed by atoms with E-state index in [2.05, 4.69) is 10.4 Å². The molecule has 21 heavy (non-hydrogen) atoms. The van der Waals surface area contributed by atoms with E-state index in [1.165, 1.54) is 17.9 Å². The average Bonchev–Trinajstić information content (AvgIpc) is 2.65. The van der Waals surface area contributed by atoms with E-state index in [1.807, 2.05) is 0 Å². The predicted octanol–water partition coefficient (Wildman–Crippen LogP) is 1.00. The number of hydrogen-bond acceptors (Lipinski definition) is 4. The molecule has 1 amide bonds. The van der Waals surface area contributed by atoms with E-state index < -0.39 is 12.1 Å². The summed E-state index contributed by atoms with van der Waals surface area (Å²) in [6, 6.07) is 0. The van der Waals surface area contributed by atoms with Gasteiger partial charge >= 0.3 is 5.97 Å². The van der Waals surface area contributed by atoms with Gasteiger partial charge in [0.25, 0.3) is 0 Å². The molecule has 0 aromatic carbocycles. The van der Waals surface area contributed by atoms with Crippen molar-refractivity contribution in [1.82, 2.24) is 15.1 Å². The first-order chi connectivity index (χ1) is 9.85. The second kappa shape index (κ2) is 7.80. The maximum atomic E-state index is 11.7. The maximum Gasteiger partial charge on any atom is 0.306 e. The van der Waals surface area contributed by atoms with E-state index in [9.17, 15) is 9.59 Å². The van der Waals surface area contributed by atoms with Crippen LogP contribution in [0, 0.1) is 6.92 Å². The zero-order chi connectivity index (χ0) is 16.0. The Hall–Kier alpha value is -1.86. The number of aliphatic carboxylic acids is 1. The van der Waals surface area contributed by atoms with Crippen LogP contribution in [0.2, 0.25) is 5.15 Å². The summed E-state index contributed by atoms with van der Waals surface area (Å²) in [7, 11) is 3.11. The lowest BCUT2D eigenvalue weighted by molar-refractivity contribution is -0.140. The number of halogens is 1. The van der Waals surface area contributed by atoms with Crippen molar-refractivity contribution < 1.29 is 19.4 Å². The van der Waals surface area contributed by atoms with Crippen LogP contribution in [0.4, 0.5) is 0 Å². The summed E-state index contributed by atoms with van der Waals surface area (Å²) in [6.45, 7) is 1.91. The molecule has 0 aliphatic heterocycles. The molecule has 1 rings (SSSR count). The van der Waals surface area contributed by atoms with Crippen LogP contribution in [-0.2, 0) is 21.4 Å². The van der Waals surface area contributed by atoms with Gasteiger partial charge in [-0.15, -0.1) is 0 Å². The summed E-state index contributed by atoms with van der Waals surface area (Å²) in [6.07, 6.45) is 2.15. The van der Waals surface area contributed by atoms with Crippen molar-refractivity contribution in [2.75, 3.05) is 13.7 Å². The minimum absolute atomic E-state index is 0.117. The number of methoxy groups -OCH3 is 1. The van der Waals surface area contributed by atoms with Crippen LogP contribution >= 0.6 is 11.6 Å². The van der Waals surface area contributed by atoms with Crippen molar-refractivity contribution in [3.8, 4) is 0 Å². The van der Waals surface area contributed by atoms with Gasteiger partial charge in [-0.2, -0.15) is 5.10 Å². The SMILES string of the molecule is COC(CNC(=O)/C=C/c1c(C)nn(C)c1Cl)CC(=O)O. The van der Waals surface area contributed by atoms with E-state index in [-0.39, 0.29) is 18.9 Å². The van der Waals surface area contributed by atoms with Gasteiger partial charge in [0, 0.05) is 32.3 Å². The van der Waals surface area contributed by atoms with E-state index in [4.69, 9.17) is 21.4 Å². The number of aromatic nitrogens is 2. The monoisotopic (exact) mass is 315 g/mol. The minimum atomic E-state index is -0.982. The van der Waals surface area contributed by atoms with Crippen LogP contribution in [0.25, 0.3) is 6.08 Å². The number of carboxylic acid groups (broad SMARTS) is 1. The molecule has 0 spiro atoms. The van der Waals surface area contributed by atoms with Crippen LogP contribution in [0.5, 0.6) is 0 Å². The van der Waals surface area contributed by atoms with Gasteiger partial charge in [-0.05, 0) is 13.0 Å². The summed E-state index contributed by atoms with van der Waals surface area (Å²) in [5, 5.41) is 15.8. The highest BCUT2D eigenvalue weighted by Gasteiger charge is 2.13. The molecule has 0 fully saturated rings. The Morgan fingerprint density at radius 3 is 2.71 bits per heavy atom. The average molecular weight is 316 g/mol. The summed E-state index contributed by atoms with van der Waals surface area (Å²) in [5.41, 5.74) is 1.38. The first kappa shape index (κ1) is 17.2. The lowest BCUT2D eigenvalue weighted by Gasteiger charge is -2.12. The number of ether oxygens (including phenoxy) is 1. The molecule has 7 nitrogen and oxygen atoms in total. The first-order valence-electron chi connectivity index (χ1n) is 6.24. The fourth-order valence-corrected chi connectivity index (χ4v) is 1.94. The summed E-state index contributed by atoms with van der Waals surface area (Å²) in [4.78, 5) is 22.3. The number of nitrogens with zero attached hydrogens (tertiary/aromatic N) is 2. The maximum absolute atomic E-state index is 11.7. The molecule has 1 atom stereocenters. The second-order valence-corrected chi connectivity index (χ2v) is 4.81. The molecule has 1 aromatic rings. The molecule has 0 saturated carbocycles. The van der Waals surface area contributed by atoms with Crippen molar-refractivity contribution >= 4 is 29.6 Å². The number of carbonyl (C=O) groups is 2. The van der Waals surface area contributed by atoms with Gasteiger partial charge in [-0.1, -0.05) is 11.6 Å². The Morgan fingerprint density at radius 1 is 1.57 bits per heavy atom. The van der Waals surface area contributed by atoms with E-state index in [1.54, 1.807) is 20.0 Å². The Kier molecular flexibility index (Phi) is 6.39. The van der Waals surface area contributed by atoms with Gasteiger partial charge in [0.2, 0.25) is 5.91 Å². The zero-order valence-corrected chi connectivity index (χ0v) is 12.8. The van der Waals surface area contributed by atoms with E-state index in [0.29, 0.717) is 16.4 Å². The molecule has 1 unspecified atom stereocenters. The Morgan fingerprint density at radius 2 is 2.24 bits per heavy atom. The van der Waals surface area contributed by atoms with Gasteiger partial charge in [0.05, 0.1) is 18.2 Å². The fraction of sp³-hybridized carbons (Fsp3) is 0.462. The highest BCUT2D eigenvalue weighted by Crippen LogP contribution is 2.19. The Balaban J connectivity index is 2.57. The zero-order valence-electron chi connectivity index (χ0n) is 12.1. The van der Waals surface area contributed by atoms with Crippen LogP contribution < -0.4 is 5.32 Å². The smallest absolute Gasteiger partial charge is 0.306 e. The number of nitrogens with one attached hydrogen (secondary N) is 1. The molecule has 0 radical (unpaired) electrons. The van der Waals surface area contributed by atoms with Gasteiger partial charge < -0.3 is 15.2 Å². The molecule has 1 heterocycles. The largest absolute Gasteiger partial charge is 0.481 e. The highest BCUT2D eigenvalue weighted by molar-refractivity contribution is 6.31. The summed E-state index contributed by atoms with van der Waals surface area (Å²) >= 11 is 6.04. The summed E-state index contributed by atoms with van der Waals surface area (Å²) in [5.74, 6) is -1.34. The number of carbonyl (C=O) groups excluding carboxylic acids is 1. The van der Waals surface area contributed by atoms with Crippen molar-refractivity contribution in [3.63, 3.8) is 0 Å². The highest BCUT2D eigenvalue weighted by atomic mass is 35.5. The molecule has 0 bridgehead atoms. The Bertz CT molecular complexity index is 554. The molecular weight excluding hydrogens is 298 g/mol. The van der Waals surface area contributed by atoms with Crippen LogP contribution in [0.1, 0.15) is 17.7 Å². The molecule has 0 saturated heterocycles. The Labute approximate surface area is 127 Å². The van der Waals surface area contributed by atoms with Crippen molar-refractivity contribution in [2.24, 2.45) is 7.05 Å². The number of carboxylic acids is 1. The van der Waals surface area contributed by atoms with Gasteiger partial charge in [-0.25, -0.2) is 0 Å². The van der Waals surface area contributed by atoms with E-state index in [0.717, 1.165) is 0 Å². The van der Waals surface area contributed by atoms with Crippen molar-refractivity contribution in [3.05, 3.63) is 22.5 Å². The molecular formula is C13H18ClN3O4. The van der Waals surface area contributed by atoms with Gasteiger partial charge in [0.1, 0.15) is 5.15 Å². The third-order valence-electron chi connectivity index (χ3n) is 2.84. The fourth-order valence-electron chi connectivity index (χ4n) is 1.70.